The van der Waals surface area contributed by atoms with Gasteiger partial charge >= 0.3 is 0 Å². The molecule has 1 aromatic heterocycles. The number of hydrogen-bond donors (Lipinski definition) is 0. The van der Waals surface area contributed by atoms with Crippen LogP contribution in [0.1, 0.15) is 102 Å². The fraction of sp³-hybridized carbons (Fsp3) is 0.826. The topological polar surface area (TPSA) is 63.9 Å². The Labute approximate surface area is 184 Å². The number of allylic oxidation sites excluding steroid dienone is 2. The Morgan fingerprint density at radius 2 is 1.70 bits per heavy atom. The van der Waals surface area contributed by atoms with Gasteiger partial charge in [-0.1, -0.05) is 49.4 Å². The highest BCUT2D eigenvalue weighted by molar-refractivity contribution is 7.99. The van der Waals surface area contributed by atoms with Crippen molar-refractivity contribution in [2.45, 2.75) is 114 Å². The maximum absolute atomic E-state index is 13.6. The molecule has 0 radical (unpaired) electrons. The molecule has 5 rings (SSSR count). The monoisotopic (exact) mass is 429 g/mol. The fourth-order valence-electron chi connectivity index (χ4n) is 6.30. The smallest absolute Gasteiger partial charge is 0.237 e. The van der Waals surface area contributed by atoms with Gasteiger partial charge in [0, 0.05) is 11.7 Å². The van der Waals surface area contributed by atoms with Crippen LogP contribution < -0.4 is 0 Å². The molecule has 2 heterocycles. The third-order valence-electron chi connectivity index (χ3n) is 7.84. The van der Waals surface area contributed by atoms with E-state index < -0.39 is 0 Å². The highest BCUT2D eigenvalue weighted by Gasteiger charge is 2.38. The molecule has 2 fully saturated rings. The molecule has 6 nitrogen and oxygen atoms in total. The number of tetrazole rings is 1. The van der Waals surface area contributed by atoms with E-state index >= 15 is 0 Å². The lowest BCUT2D eigenvalue weighted by Gasteiger charge is -2.40. The molecule has 30 heavy (non-hydrogen) atoms. The van der Waals surface area contributed by atoms with E-state index in [-0.39, 0.29) is 5.91 Å². The molecule has 0 bridgehead atoms. The van der Waals surface area contributed by atoms with Gasteiger partial charge in [-0.15, -0.1) is 5.10 Å². The predicted molar refractivity (Wildman–Crippen MR) is 118 cm³/mol. The first kappa shape index (κ1) is 20.5. The van der Waals surface area contributed by atoms with Gasteiger partial charge < -0.3 is 4.90 Å². The quantitative estimate of drug-likeness (QED) is 0.609. The summed E-state index contributed by atoms with van der Waals surface area (Å²) in [5.41, 5.74) is 2.98. The van der Waals surface area contributed by atoms with Crippen LogP contribution in [0.3, 0.4) is 0 Å². The van der Waals surface area contributed by atoms with E-state index in [2.05, 4.69) is 20.4 Å². The first-order chi connectivity index (χ1) is 14.8. The number of carbonyl (C=O) groups excluding carboxylic acids is 1. The van der Waals surface area contributed by atoms with Gasteiger partial charge in [0.25, 0.3) is 0 Å². The zero-order valence-corrected chi connectivity index (χ0v) is 18.9. The molecule has 164 valence electrons. The van der Waals surface area contributed by atoms with Crippen molar-refractivity contribution >= 4 is 17.7 Å². The number of aromatic nitrogens is 4. The third kappa shape index (κ3) is 4.19. The lowest BCUT2D eigenvalue weighted by atomic mass is 9.81. The van der Waals surface area contributed by atoms with Crippen molar-refractivity contribution in [3.05, 3.63) is 11.3 Å². The van der Waals surface area contributed by atoms with E-state index in [1.165, 1.54) is 82.7 Å². The van der Waals surface area contributed by atoms with Crippen molar-refractivity contribution in [1.82, 2.24) is 25.1 Å². The van der Waals surface area contributed by atoms with Crippen LogP contribution in [0.2, 0.25) is 0 Å². The zero-order chi connectivity index (χ0) is 20.3. The molecular weight excluding hydrogens is 394 g/mol. The molecule has 4 aliphatic rings. The fourth-order valence-corrected chi connectivity index (χ4v) is 7.11. The first-order valence-electron chi connectivity index (χ1n) is 12.2. The maximum Gasteiger partial charge on any atom is 0.237 e. The standard InChI is InChI=1S/C23H35N5OS/c29-22(16-30-23-24-25-26-28(23)19-10-2-1-3-11-19)27-20-12-6-4-8-17(20)14-15-18-9-5-7-13-21(18)27/h17,19-20H,1-16H2. The Kier molecular flexibility index (Phi) is 6.44. The molecule has 1 aromatic rings. The first-order valence-corrected chi connectivity index (χ1v) is 13.2. The van der Waals surface area contributed by atoms with Gasteiger partial charge in [0.1, 0.15) is 0 Å². The number of thioether (sulfide) groups is 1. The predicted octanol–water partition coefficient (Wildman–Crippen LogP) is 5.28. The van der Waals surface area contributed by atoms with Crippen LogP contribution in [0.15, 0.2) is 16.4 Å². The van der Waals surface area contributed by atoms with E-state index in [0.29, 0.717) is 23.8 Å². The lowest BCUT2D eigenvalue weighted by Crippen LogP contribution is -2.45. The molecule has 0 N–H and O–H groups in total. The maximum atomic E-state index is 13.6. The van der Waals surface area contributed by atoms with Gasteiger partial charge in [-0.25, -0.2) is 4.68 Å². The van der Waals surface area contributed by atoms with E-state index in [0.717, 1.165) is 24.4 Å². The summed E-state index contributed by atoms with van der Waals surface area (Å²) in [6, 6.07) is 0.826. The lowest BCUT2D eigenvalue weighted by molar-refractivity contribution is -0.130. The summed E-state index contributed by atoms with van der Waals surface area (Å²) in [7, 11) is 0. The normalized spacial score (nSPS) is 28.1. The Morgan fingerprint density at radius 3 is 2.60 bits per heavy atom. The summed E-state index contributed by atoms with van der Waals surface area (Å²) in [5, 5.41) is 13.3. The van der Waals surface area contributed by atoms with Crippen LogP contribution in [-0.2, 0) is 4.79 Å². The summed E-state index contributed by atoms with van der Waals surface area (Å²) >= 11 is 1.55. The van der Waals surface area contributed by atoms with E-state index in [1.54, 1.807) is 17.3 Å². The minimum atomic E-state index is 0.284. The second-order valence-electron chi connectivity index (χ2n) is 9.66. The number of fused-ring (bicyclic) bond motifs is 1. The highest BCUT2D eigenvalue weighted by atomic mass is 32.2. The SMILES string of the molecule is O=C(CSc1nnnn1C1CCCCC1)N1C2=C(CCCC2)CCC2CCCCC21. The van der Waals surface area contributed by atoms with Crippen LogP contribution in [0.5, 0.6) is 0 Å². The number of hydrogen-bond acceptors (Lipinski definition) is 5. The van der Waals surface area contributed by atoms with E-state index in [1.807, 2.05) is 4.68 Å². The van der Waals surface area contributed by atoms with Gasteiger partial charge in [-0.2, -0.15) is 0 Å². The van der Waals surface area contributed by atoms with E-state index in [9.17, 15) is 4.79 Å². The van der Waals surface area contributed by atoms with Crippen molar-refractivity contribution in [2.75, 3.05) is 5.75 Å². The molecule has 0 spiro atoms. The third-order valence-corrected chi connectivity index (χ3v) is 8.75. The molecule has 3 aliphatic carbocycles. The molecule has 1 amide bonds. The van der Waals surface area contributed by atoms with Crippen LogP contribution in [0.25, 0.3) is 0 Å². The summed E-state index contributed by atoms with van der Waals surface area (Å²) in [4.78, 5) is 15.9. The van der Waals surface area contributed by atoms with E-state index in [4.69, 9.17) is 0 Å². The molecule has 2 unspecified atom stereocenters. The summed E-state index contributed by atoms with van der Waals surface area (Å²) in [6.45, 7) is 0. The van der Waals surface area contributed by atoms with Gasteiger partial charge in [0.15, 0.2) is 0 Å². The van der Waals surface area contributed by atoms with Crippen molar-refractivity contribution in [3.63, 3.8) is 0 Å². The Balaban J connectivity index is 1.33. The largest absolute Gasteiger partial charge is 0.312 e. The Bertz CT molecular complexity index is 784. The minimum Gasteiger partial charge on any atom is -0.312 e. The molecule has 2 atom stereocenters. The van der Waals surface area contributed by atoms with Crippen LogP contribution >= 0.6 is 11.8 Å². The molecule has 0 aromatic carbocycles. The average Bonchev–Trinajstić information content (AvgIpc) is 3.20. The highest BCUT2D eigenvalue weighted by Crippen LogP contribution is 2.43. The molecule has 7 heteroatoms. The number of rotatable bonds is 4. The number of carbonyl (C=O) groups is 1. The van der Waals surface area contributed by atoms with Crippen molar-refractivity contribution < 1.29 is 4.79 Å². The Morgan fingerprint density at radius 1 is 0.900 bits per heavy atom. The number of amides is 1. The zero-order valence-electron chi connectivity index (χ0n) is 18.1. The second-order valence-corrected chi connectivity index (χ2v) is 10.6. The van der Waals surface area contributed by atoms with Gasteiger partial charge in [0.2, 0.25) is 11.1 Å². The van der Waals surface area contributed by atoms with Crippen molar-refractivity contribution in [2.24, 2.45) is 5.92 Å². The molecule has 0 saturated heterocycles. The molecule has 1 aliphatic heterocycles. The van der Waals surface area contributed by atoms with Gasteiger partial charge in [0.05, 0.1) is 11.8 Å². The van der Waals surface area contributed by atoms with Crippen LogP contribution in [0, 0.1) is 5.92 Å². The van der Waals surface area contributed by atoms with Crippen molar-refractivity contribution in [1.29, 1.82) is 0 Å². The minimum absolute atomic E-state index is 0.284. The van der Waals surface area contributed by atoms with Crippen LogP contribution in [-0.4, -0.2) is 42.8 Å². The average molecular weight is 430 g/mol. The van der Waals surface area contributed by atoms with Crippen LogP contribution in [0.4, 0.5) is 0 Å². The second kappa shape index (κ2) is 9.41. The van der Waals surface area contributed by atoms with Crippen molar-refractivity contribution in [3.8, 4) is 0 Å². The summed E-state index contributed by atoms with van der Waals surface area (Å²) in [6.07, 6.45) is 18.5. The molecular formula is C23H35N5OS. The van der Waals surface area contributed by atoms with Gasteiger partial charge in [-0.3, -0.25) is 4.79 Å². The Hall–Kier alpha value is -1.37. The summed E-state index contributed by atoms with van der Waals surface area (Å²) in [5.74, 6) is 1.42. The summed E-state index contributed by atoms with van der Waals surface area (Å²) < 4.78 is 1.99. The molecule has 2 saturated carbocycles. The van der Waals surface area contributed by atoms with Gasteiger partial charge in [-0.05, 0) is 80.6 Å². The number of nitrogens with zero attached hydrogens (tertiary/aromatic N) is 5.